The molecule has 1 atom stereocenters. The summed E-state index contributed by atoms with van der Waals surface area (Å²) >= 11 is 0. The van der Waals surface area contributed by atoms with Gasteiger partial charge in [0.05, 0.1) is 6.61 Å². The molecule has 3 heterocycles. The lowest BCUT2D eigenvalue weighted by Crippen LogP contribution is -2.49. The molecule has 1 saturated heterocycles. The van der Waals surface area contributed by atoms with Crippen molar-refractivity contribution in [2.75, 3.05) is 58.7 Å². The first-order valence-corrected chi connectivity index (χ1v) is 10.1. The van der Waals surface area contributed by atoms with Gasteiger partial charge in [0.2, 0.25) is 0 Å². The molecule has 2 aromatic heterocycles. The lowest BCUT2D eigenvalue weighted by atomic mass is 10.3. The molecule has 0 amide bonds. The van der Waals surface area contributed by atoms with Gasteiger partial charge in [-0.25, -0.2) is 4.79 Å². The summed E-state index contributed by atoms with van der Waals surface area (Å²) in [6.45, 7) is 7.69. The normalized spacial score (nSPS) is 17.1. The predicted molar refractivity (Wildman–Crippen MR) is 109 cm³/mol. The summed E-state index contributed by atoms with van der Waals surface area (Å²) in [5, 5.41) is 9.60. The van der Waals surface area contributed by atoms with Gasteiger partial charge in [-0.2, -0.15) is 9.97 Å². The monoisotopic (exact) mass is 409 g/mol. The number of methoxy groups -OCH3 is 1. The number of rotatable bonds is 10. The molecule has 1 fully saturated rings. The van der Waals surface area contributed by atoms with Gasteiger partial charge in [0, 0.05) is 52.9 Å². The molecule has 0 radical (unpaired) electrons. The average molecular weight is 409 g/mol. The summed E-state index contributed by atoms with van der Waals surface area (Å²) in [6.07, 6.45) is 1.14. The van der Waals surface area contributed by atoms with Crippen molar-refractivity contribution >= 4 is 17.0 Å². The van der Waals surface area contributed by atoms with Crippen LogP contribution in [0.15, 0.2) is 4.79 Å². The number of aliphatic hydroxyl groups is 1. The highest BCUT2D eigenvalue weighted by molar-refractivity contribution is 5.81. The van der Waals surface area contributed by atoms with E-state index in [1.807, 2.05) is 0 Å². The maximum Gasteiger partial charge on any atom is 0.327 e. The number of aromatic amines is 1. The zero-order valence-corrected chi connectivity index (χ0v) is 17.1. The van der Waals surface area contributed by atoms with E-state index in [4.69, 9.17) is 15.2 Å². The van der Waals surface area contributed by atoms with E-state index in [1.54, 1.807) is 4.57 Å². The number of anilines is 1. The number of β-amino-alcohol motifs (C(OH)–C–C–N with tert-alkyl or cyclic N) is 1. The Kier molecular flexibility index (Phi) is 7.42. The molecule has 0 spiro atoms. The third kappa shape index (κ3) is 5.44. The summed E-state index contributed by atoms with van der Waals surface area (Å²) in [5.74, 6) is 0.211. The number of H-pyrrole nitrogens is 1. The number of unbranched alkanes of at least 4 members (excludes halogenated alkanes) is 1. The minimum absolute atomic E-state index is 0.196. The molecule has 2 aromatic rings. The number of piperazine rings is 1. The van der Waals surface area contributed by atoms with E-state index in [0.717, 1.165) is 39.0 Å². The van der Waals surface area contributed by atoms with E-state index in [-0.39, 0.29) is 17.5 Å². The van der Waals surface area contributed by atoms with Crippen molar-refractivity contribution in [2.45, 2.75) is 32.6 Å². The van der Waals surface area contributed by atoms with Gasteiger partial charge in [-0.1, -0.05) is 13.3 Å². The van der Waals surface area contributed by atoms with Crippen molar-refractivity contribution in [3.8, 4) is 6.01 Å². The van der Waals surface area contributed by atoms with Crippen molar-refractivity contribution in [1.29, 1.82) is 0 Å². The fraction of sp³-hybridized carbons (Fsp3) is 0.722. The van der Waals surface area contributed by atoms with Crippen molar-refractivity contribution in [3.05, 3.63) is 10.5 Å². The Morgan fingerprint density at radius 3 is 2.62 bits per heavy atom. The number of nitrogens with two attached hydrogens (primary N) is 1. The van der Waals surface area contributed by atoms with Gasteiger partial charge in [-0.05, 0) is 6.42 Å². The van der Waals surface area contributed by atoms with E-state index < -0.39 is 6.29 Å². The zero-order chi connectivity index (χ0) is 20.8. The van der Waals surface area contributed by atoms with Crippen molar-refractivity contribution in [3.63, 3.8) is 0 Å². The third-order valence-electron chi connectivity index (χ3n) is 5.15. The average Bonchev–Trinajstić information content (AvgIpc) is 3.03. The van der Waals surface area contributed by atoms with Crippen LogP contribution in [-0.4, -0.2) is 93.7 Å². The van der Waals surface area contributed by atoms with E-state index >= 15 is 0 Å². The number of nitrogens with zero attached hydrogens (tertiary/aromatic N) is 5. The number of fused-ring (bicyclic) bond motifs is 1. The molecule has 4 N–H and O–H groups in total. The number of aromatic nitrogens is 4. The molecule has 29 heavy (non-hydrogen) atoms. The van der Waals surface area contributed by atoms with E-state index in [0.29, 0.717) is 37.4 Å². The highest BCUT2D eigenvalue weighted by Gasteiger charge is 2.20. The van der Waals surface area contributed by atoms with Crippen LogP contribution in [0, 0.1) is 0 Å². The Morgan fingerprint density at radius 1 is 1.21 bits per heavy atom. The number of hydrogen-bond acceptors (Lipinski definition) is 9. The first-order valence-electron chi connectivity index (χ1n) is 10.1. The van der Waals surface area contributed by atoms with Crippen LogP contribution >= 0.6 is 0 Å². The minimum Gasteiger partial charge on any atom is -0.463 e. The van der Waals surface area contributed by atoms with Crippen LogP contribution in [0.4, 0.5) is 5.82 Å². The Balaban J connectivity index is 1.63. The molecule has 3 rings (SSSR count). The quantitative estimate of drug-likeness (QED) is 0.349. The zero-order valence-electron chi connectivity index (χ0n) is 17.1. The molecule has 0 aromatic carbocycles. The Bertz CT molecular complexity index is 845. The third-order valence-corrected chi connectivity index (χ3v) is 5.15. The Labute approximate surface area is 169 Å². The smallest absolute Gasteiger partial charge is 0.327 e. The van der Waals surface area contributed by atoms with Gasteiger partial charge in [0.25, 0.3) is 0 Å². The van der Waals surface area contributed by atoms with Gasteiger partial charge in [0.1, 0.15) is 5.52 Å². The fourth-order valence-electron chi connectivity index (χ4n) is 3.34. The van der Waals surface area contributed by atoms with Gasteiger partial charge in [-0.15, -0.1) is 0 Å². The summed E-state index contributed by atoms with van der Waals surface area (Å²) in [4.78, 5) is 28.1. The van der Waals surface area contributed by atoms with Gasteiger partial charge >= 0.3 is 11.7 Å². The first-order chi connectivity index (χ1) is 14.0. The van der Waals surface area contributed by atoms with Crippen molar-refractivity contribution in [2.24, 2.45) is 0 Å². The van der Waals surface area contributed by atoms with Crippen LogP contribution in [0.5, 0.6) is 6.01 Å². The number of hydrogen-bond donors (Lipinski definition) is 3. The lowest BCUT2D eigenvalue weighted by Gasteiger charge is -2.35. The molecule has 162 valence electrons. The SMILES string of the molecule is CCCCOc1nc(N)c2[nH]c(=O)n(CCN3CCN(CC(O)OC)CC3)c2n1. The van der Waals surface area contributed by atoms with Crippen LogP contribution in [0.3, 0.4) is 0 Å². The molecular weight excluding hydrogens is 378 g/mol. The van der Waals surface area contributed by atoms with Gasteiger partial charge in [0.15, 0.2) is 17.8 Å². The second-order valence-electron chi connectivity index (χ2n) is 7.21. The predicted octanol–water partition coefficient (Wildman–Crippen LogP) is -0.537. The Morgan fingerprint density at radius 2 is 1.93 bits per heavy atom. The maximum atomic E-state index is 12.4. The summed E-state index contributed by atoms with van der Waals surface area (Å²) in [6, 6.07) is 0.196. The standard InChI is InChI=1S/C18H31N7O4/c1-3-4-11-29-17-21-15(19)14-16(22-17)25(18(27)20-14)10-9-23-5-7-24(8-6-23)12-13(26)28-2/h13,26H,3-12H2,1-2H3,(H,20,27)(H2,19,21,22). The highest BCUT2D eigenvalue weighted by Crippen LogP contribution is 2.18. The molecule has 0 bridgehead atoms. The van der Waals surface area contributed by atoms with E-state index in [2.05, 4.69) is 31.7 Å². The summed E-state index contributed by atoms with van der Waals surface area (Å²) in [5.41, 5.74) is 6.64. The van der Waals surface area contributed by atoms with E-state index in [9.17, 15) is 9.90 Å². The minimum atomic E-state index is -0.759. The van der Waals surface area contributed by atoms with Crippen molar-refractivity contribution < 1.29 is 14.6 Å². The second-order valence-corrected chi connectivity index (χ2v) is 7.21. The van der Waals surface area contributed by atoms with Crippen LogP contribution in [0.2, 0.25) is 0 Å². The summed E-state index contributed by atoms with van der Waals surface area (Å²) in [7, 11) is 1.50. The molecule has 11 nitrogen and oxygen atoms in total. The summed E-state index contributed by atoms with van der Waals surface area (Å²) < 4.78 is 12.1. The van der Waals surface area contributed by atoms with Crippen LogP contribution in [0.25, 0.3) is 11.2 Å². The molecule has 0 saturated carbocycles. The molecule has 1 aliphatic heterocycles. The highest BCUT2D eigenvalue weighted by atomic mass is 16.6. The van der Waals surface area contributed by atoms with Gasteiger partial charge in [-0.3, -0.25) is 14.4 Å². The van der Waals surface area contributed by atoms with Crippen LogP contribution in [0.1, 0.15) is 19.8 Å². The topological polar surface area (TPSA) is 135 Å². The molecule has 1 aliphatic rings. The number of nitrogen functional groups attached to an aromatic ring is 1. The van der Waals surface area contributed by atoms with Crippen molar-refractivity contribution in [1.82, 2.24) is 29.3 Å². The lowest BCUT2D eigenvalue weighted by molar-refractivity contribution is -0.0948. The maximum absolute atomic E-state index is 12.4. The molecular formula is C18H31N7O4. The number of ether oxygens (including phenoxy) is 2. The number of imidazole rings is 1. The van der Waals surface area contributed by atoms with E-state index in [1.165, 1.54) is 7.11 Å². The first kappa shape index (κ1) is 21.5. The molecule has 11 heteroatoms. The molecule has 0 aliphatic carbocycles. The second kappa shape index (κ2) is 10.0. The molecule has 1 unspecified atom stereocenters. The largest absolute Gasteiger partial charge is 0.463 e. The number of aliphatic hydroxyl groups excluding tert-OH is 1. The Hall–Kier alpha value is -2.21. The van der Waals surface area contributed by atoms with Gasteiger partial charge < -0.3 is 25.3 Å². The van der Waals surface area contributed by atoms with Crippen LogP contribution in [-0.2, 0) is 11.3 Å². The number of nitrogens with one attached hydrogen (secondary N) is 1. The van der Waals surface area contributed by atoms with Crippen LogP contribution < -0.4 is 16.2 Å². The fourth-order valence-corrected chi connectivity index (χ4v) is 3.34.